The topological polar surface area (TPSA) is 55.0 Å². The summed E-state index contributed by atoms with van der Waals surface area (Å²) in [5.41, 5.74) is 2.13. The normalized spacial score (nSPS) is 10.7. The van der Waals surface area contributed by atoms with Gasteiger partial charge in [-0.25, -0.2) is 9.78 Å². The molecule has 0 spiro atoms. The molecule has 1 N–H and O–H groups in total. The Bertz CT molecular complexity index is 527. The summed E-state index contributed by atoms with van der Waals surface area (Å²) in [5, 5.41) is 0. The molecule has 4 heteroatoms. The summed E-state index contributed by atoms with van der Waals surface area (Å²) in [6.45, 7) is 0. The van der Waals surface area contributed by atoms with Gasteiger partial charge in [-0.3, -0.25) is 0 Å². The van der Waals surface area contributed by atoms with E-state index in [4.69, 9.17) is 0 Å². The molecule has 0 saturated carbocycles. The van der Waals surface area contributed by atoms with E-state index in [1.54, 1.807) is 12.3 Å². The average Bonchev–Trinajstić information content (AvgIpc) is 2.90. The molecule has 1 aromatic heterocycles. The van der Waals surface area contributed by atoms with Gasteiger partial charge in [0.1, 0.15) is 5.82 Å². The second-order valence-electron chi connectivity index (χ2n) is 3.81. The quantitative estimate of drug-likeness (QED) is 0.660. The zero-order valence-corrected chi connectivity index (χ0v) is 10.1. The van der Waals surface area contributed by atoms with Crippen LogP contribution < -0.4 is 0 Å². The fraction of sp³-hybridized carbons (Fsp3) is 0.143. The molecule has 0 amide bonds. The lowest BCUT2D eigenvalue weighted by Crippen LogP contribution is -1.93. The van der Waals surface area contributed by atoms with Crippen LogP contribution in [0.5, 0.6) is 0 Å². The zero-order valence-electron chi connectivity index (χ0n) is 10.1. The second kappa shape index (κ2) is 5.82. The van der Waals surface area contributed by atoms with E-state index in [0.29, 0.717) is 0 Å². The van der Waals surface area contributed by atoms with Crippen molar-refractivity contribution < 1.29 is 9.53 Å². The van der Waals surface area contributed by atoms with Crippen LogP contribution in [0.1, 0.15) is 17.0 Å². The van der Waals surface area contributed by atoms with Gasteiger partial charge in [0.25, 0.3) is 0 Å². The number of hydrogen-bond acceptors (Lipinski definition) is 3. The number of imidazole rings is 1. The van der Waals surface area contributed by atoms with Crippen molar-refractivity contribution in [3.8, 4) is 0 Å². The highest BCUT2D eigenvalue weighted by Gasteiger charge is 1.98. The standard InChI is InChI=1S/C14H14N2O2/c1-18-14(17)7-6-11-2-4-12(5-3-11)10-13-15-8-9-16-13/h2-9H,10H2,1H3,(H,15,16)/b7-6+. The van der Waals surface area contributed by atoms with Crippen LogP contribution in [0.25, 0.3) is 6.08 Å². The van der Waals surface area contributed by atoms with Crippen molar-refractivity contribution in [1.29, 1.82) is 0 Å². The third-order valence-electron chi connectivity index (χ3n) is 2.52. The van der Waals surface area contributed by atoms with Crippen molar-refractivity contribution in [2.45, 2.75) is 6.42 Å². The first kappa shape index (κ1) is 12.1. The molecular weight excluding hydrogens is 228 g/mol. The SMILES string of the molecule is COC(=O)/C=C/c1ccc(Cc2ncc[nH]2)cc1. The van der Waals surface area contributed by atoms with Gasteiger partial charge in [0.2, 0.25) is 0 Å². The summed E-state index contributed by atoms with van der Waals surface area (Å²) in [5.74, 6) is 0.586. The molecule has 0 aliphatic rings. The van der Waals surface area contributed by atoms with E-state index in [9.17, 15) is 4.79 Å². The molecule has 0 atom stereocenters. The van der Waals surface area contributed by atoms with Crippen molar-refractivity contribution in [2.24, 2.45) is 0 Å². The van der Waals surface area contributed by atoms with Gasteiger partial charge >= 0.3 is 5.97 Å². The lowest BCUT2D eigenvalue weighted by Gasteiger charge is -1.99. The highest BCUT2D eigenvalue weighted by atomic mass is 16.5. The summed E-state index contributed by atoms with van der Waals surface area (Å²) in [7, 11) is 1.36. The van der Waals surface area contributed by atoms with Gasteiger partial charge in [0.05, 0.1) is 7.11 Å². The Morgan fingerprint density at radius 3 is 2.78 bits per heavy atom. The average molecular weight is 242 g/mol. The molecule has 18 heavy (non-hydrogen) atoms. The maximum atomic E-state index is 10.9. The van der Waals surface area contributed by atoms with Gasteiger partial charge in [-0.15, -0.1) is 0 Å². The Morgan fingerprint density at radius 1 is 1.39 bits per heavy atom. The number of esters is 1. The predicted molar refractivity (Wildman–Crippen MR) is 68.9 cm³/mol. The number of H-pyrrole nitrogens is 1. The van der Waals surface area contributed by atoms with Crippen molar-refractivity contribution in [1.82, 2.24) is 9.97 Å². The summed E-state index contributed by atoms with van der Waals surface area (Å²) in [6.07, 6.45) is 7.45. The fourth-order valence-electron chi connectivity index (χ4n) is 1.57. The molecule has 2 rings (SSSR count). The predicted octanol–water partition coefficient (Wildman–Crippen LogP) is 2.19. The third kappa shape index (κ3) is 3.31. The number of methoxy groups -OCH3 is 1. The van der Waals surface area contributed by atoms with E-state index < -0.39 is 0 Å². The first-order chi connectivity index (χ1) is 8.78. The smallest absolute Gasteiger partial charge is 0.330 e. The molecule has 2 aromatic rings. The van der Waals surface area contributed by atoms with E-state index in [1.807, 2.05) is 30.5 Å². The van der Waals surface area contributed by atoms with Crippen LogP contribution in [0, 0.1) is 0 Å². The number of rotatable bonds is 4. The number of carbonyl (C=O) groups excluding carboxylic acids is 1. The minimum atomic E-state index is -0.352. The van der Waals surface area contributed by atoms with Gasteiger partial charge in [-0.1, -0.05) is 24.3 Å². The van der Waals surface area contributed by atoms with Crippen molar-refractivity contribution >= 4 is 12.0 Å². The highest BCUT2D eigenvalue weighted by Crippen LogP contribution is 2.09. The maximum absolute atomic E-state index is 10.9. The van der Waals surface area contributed by atoms with E-state index in [-0.39, 0.29) is 5.97 Å². The summed E-state index contributed by atoms with van der Waals surface area (Å²) in [4.78, 5) is 18.2. The van der Waals surface area contributed by atoms with Gasteiger partial charge in [-0.05, 0) is 17.2 Å². The van der Waals surface area contributed by atoms with Crippen molar-refractivity contribution in [3.05, 3.63) is 59.7 Å². The largest absolute Gasteiger partial charge is 0.466 e. The van der Waals surface area contributed by atoms with Gasteiger partial charge in [0, 0.05) is 24.9 Å². The maximum Gasteiger partial charge on any atom is 0.330 e. The molecular formula is C14H14N2O2. The first-order valence-corrected chi connectivity index (χ1v) is 5.61. The van der Waals surface area contributed by atoms with Gasteiger partial charge < -0.3 is 9.72 Å². The van der Waals surface area contributed by atoms with Crippen LogP contribution in [0.3, 0.4) is 0 Å². The van der Waals surface area contributed by atoms with Crippen LogP contribution in [-0.4, -0.2) is 23.0 Å². The summed E-state index contributed by atoms with van der Waals surface area (Å²) < 4.78 is 4.53. The Morgan fingerprint density at radius 2 is 2.17 bits per heavy atom. The van der Waals surface area contributed by atoms with Gasteiger partial charge in [0.15, 0.2) is 0 Å². The molecule has 0 aliphatic carbocycles. The number of aromatic nitrogens is 2. The van der Waals surface area contributed by atoms with Crippen LogP contribution in [0.15, 0.2) is 42.7 Å². The molecule has 0 unspecified atom stereocenters. The number of hydrogen-bond donors (Lipinski definition) is 1. The molecule has 0 saturated heterocycles. The Kier molecular flexibility index (Phi) is 3.91. The molecule has 0 aliphatic heterocycles. The van der Waals surface area contributed by atoms with Crippen molar-refractivity contribution in [3.63, 3.8) is 0 Å². The second-order valence-corrected chi connectivity index (χ2v) is 3.81. The molecule has 0 bridgehead atoms. The molecule has 1 aromatic carbocycles. The Hall–Kier alpha value is -2.36. The minimum Gasteiger partial charge on any atom is -0.466 e. The molecule has 0 radical (unpaired) electrons. The highest BCUT2D eigenvalue weighted by molar-refractivity contribution is 5.86. The summed E-state index contributed by atoms with van der Waals surface area (Å²) >= 11 is 0. The third-order valence-corrected chi connectivity index (χ3v) is 2.52. The number of benzene rings is 1. The Balaban J connectivity index is 2.01. The summed E-state index contributed by atoms with van der Waals surface area (Å²) in [6, 6.07) is 7.94. The van der Waals surface area contributed by atoms with Crippen LogP contribution in [0.4, 0.5) is 0 Å². The molecule has 92 valence electrons. The van der Waals surface area contributed by atoms with Crippen LogP contribution in [-0.2, 0) is 16.0 Å². The fourth-order valence-corrected chi connectivity index (χ4v) is 1.57. The number of carbonyl (C=O) groups is 1. The number of aromatic amines is 1. The van der Waals surface area contributed by atoms with Gasteiger partial charge in [-0.2, -0.15) is 0 Å². The number of ether oxygens (including phenoxy) is 1. The van der Waals surface area contributed by atoms with E-state index in [2.05, 4.69) is 14.7 Å². The lowest BCUT2D eigenvalue weighted by molar-refractivity contribution is -0.134. The van der Waals surface area contributed by atoms with Crippen molar-refractivity contribution in [2.75, 3.05) is 7.11 Å². The zero-order chi connectivity index (χ0) is 12.8. The Labute approximate surface area is 105 Å². The number of nitrogens with zero attached hydrogens (tertiary/aromatic N) is 1. The number of nitrogens with one attached hydrogen (secondary N) is 1. The molecule has 4 nitrogen and oxygen atoms in total. The van der Waals surface area contributed by atoms with Crippen LogP contribution in [0.2, 0.25) is 0 Å². The molecule has 0 fully saturated rings. The van der Waals surface area contributed by atoms with E-state index in [0.717, 1.165) is 17.8 Å². The monoisotopic (exact) mass is 242 g/mol. The minimum absolute atomic E-state index is 0.352. The van der Waals surface area contributed by atoms with E-state index in [1.165, 1.54) is 18.7 Å². The lowest BCUT2D eigenvalue weighted by atomic mass is 10.1. The van der Waals surface area contributed by atoms with E-state index >= 15 is 0 Å². The molecule has 1 heterocycles. The first-order valence-electron chi connectivity index (χ1n) is 5.61. The van der Waals surface area contributed by atoms with Crippen LogP contribution >= 0.6 is 0 Å².